The van der Waals surface area contributed by atoms with E-state index in [4.69, 9.17) is 4.74 Å². The SMILES string of the molecule is C[C@@H]1CCN(C(=O)CN2CCOCC2=O)[C@H]1c1cccc(F)c1. The molecule has 23 heavy (non-hydrogen) atoms. The highest BCUT2D eigenvalue weighted by atomic mass is 19.1. The lowest BCUT2D eigenvalue weighted by atomic mass is 9.95. The van der Waals surface area contributed by atoms with E-state index in [1.54, 1.807) is 11.0 Å². The number of hydrogen-bond acceptors (Lipinski definition) is 3. The number of carbonyl (C=O) groups is 2. The van der Waals surface area contributed by atoms with Crippen molar-refractivity contribution >= 4 is 11.8 Å². The summed E-state index contributed by atoms with van der Waals surface area (Å²) in [5, 5.41) is 0. The van der Waals surface area contributed by atoms with Gasteiger partial charge in [0.25, 0.3) is 0 Å². The van der Waals surface area contributed by atoms with Crippen molar-refractivity contribution in [1.82, 2.24) is 9.80 Å². The summed E-state index contributed by atoms with van der Waals surface area (Å²) in [4.78, 5) is 27.8. The van der Waals surface area contributed by atoms with E-state index in [1.165, 1.54) is 17.0 Å². The number of ether oxygens (including phenoxy) is 1. The molecule has 6 heteroatoms. The maximum atomic E-state index is 13.5. The van der Waals surface area contributed by atoms with Gasteiger partial charge in [-0.3, -0.25) is 9.59 Å². The molecule has 5 nitrogen and oxygen atoms in total. The molecular weight excluding hydrogens is 299 g/mol. The number of morpholine rings is 1. The Morgan fingerprint density at radius 2 is 2.22 bits per heavy atom. The summed E-state index contributed by atoms with van der Waals surface area (Å²) in [5.41, 5.74) is 0.816. The lowest BCUT2D eigenvalue weighted by Gasteiger charge is -2.31. The summed E-state index contributed by atoms with van der Waals surface area (Å²) in [5.74, 6) is -0.267. The van der Waals surface area contributed by atoms with Crippen LogP contribution in [0.15, 0.2) is 24.3 Å². The van der Waals surface area contributed by atoms with Crippen LogP contribution < -0.4 is 0 Å². The van der Waals surface area contributed by atoms with Crippen LogP contribution in [0.2, 0.25) is 0 Å². The fourth-order valence-corrected chi connectivity index (χ4v) is 3.40. The Bertz CT molecular complexity index is 607. The fraction of sp³-hybridized carbons (Fsp3) is 0.529. The van der Waals surface area contributed by atoms with Gasteiger partial charge in [-0.1, -0.05) is 19.1 Å². The molecule has 0 bridgehead atoms. The Kier molecular flexibility index (Phi) is 4.61. The van der Waals surface area contributed by atoms with Crippen LogP contribution in [0.3, 0.4) is 0 Å². The van der Waals surface area contributed by atoms with Crippen LogP contribution in [0.4, 0.5) is 4.39 Å². The maximum absolute atomic E-state index is 13.5. The highest BCUT2D eigenvalue weighted by molar-refractivity contribution is 5.86. The van der Waals surface area contributed by atoms with Gasteiger partial charge in [0.15, 0.2) is 0 Å². The van der Waals surface area contributed by atoms with Crippen LogP contribution in [-0.4, -0.2) is 54.5 Å². The van der Waals surface area contributed by atoms with Crippen molar-refractivity contribution in [1.29, 1.82) is 0 Å². The molecule has 2 heterocycles. The molecule has 2 atom stereocenters. The number of amides is 2. The molecule has 0 spiro atoms. The normalized spacial score (nSPS) is 25.0. The highest BCUT2D eigenvalue weighted by Gasteiger charge is 2.36. The Labute approximate surface area is 135 Å². The van der Waals surface area contributed by atoms with Gasteiger partial charge in [0.05, 0.1) is 19.2 Å². The molecule has 2 saturated heterocycles. The smallest absolute Gasteiger partial charge is 0.249 e. The predicted molar refractivity (Wildman–Crippen MR) is 82.0 cm³/mol. The molecule has 2 amide bonds. The quantitative estimate of drug-likeness (QED) is 0.850. The Morgan fingerprint density at radius 3 is 2.96 bits per heavy atom. The van der Waals surface area contributed by atoms with Gasteiger partial charge < -0.3 is 14.5 Å². The van der Waals surface area contributed by atoms with Crippen LogP contribution in [0.1, 0.15) is 24.9 Å². The zero-order valence-corrected chi connectivity index (χ0v) is 13.2. The van der Waals surface area contributed by atoms with Crippen LogP contribution in [0, 0.1) is 11.7 Å². The summed E-state index contributed by atoms with van der Waals surface area (Å²) in [6.45, 7) is 3.72. The van der Waals surface area contributed by atoms with Gasteiger partial charge in [-0.15, -0.1) is 0 Å². The topological polar surface area (TPSA) is 49.9 Å². The van der Waals surface area contributed by atoms with Crippen molar-refractivity contribution in [2.45, 2.75) is 19.4 Å². The van der Waals surface area contributed by atoms with E-state index < -0.39 is 0 Å². The van der Waals surface area contributed by atoms with E-state index >= 15 is 0 Å². The van der Waals surface area contributed by atoms with Crippen molar-refractivity contribution in [3.05, 3.63) is 35.6 Å². The van der Waals surface area contributed by atoms with Gasteiger partial charge >= 0.3 is 0 Å². The van der Waals surface area contributed by atoms with Crippen LogP contribution in [0.5, 0.6) is 0 Å². The summed E-state index contributed by atoms with van der Waals surface area (Å²) in [7, 11) is 0. The molecule has 1 aromatic rings. The molecule has 1 aromatic carbocycles. The van der Waals surface area contributed by atoms with Gasteiger partial charge in [-0.25, -0.2) is 4.39 Å². The maximum Gasteiger partial charge on any atom is 0.249 e. The molecule has 0 saturated carbocycles. The molecule has 2 aliphatic rings. The minimum atomic E-state index is -0.294. The third kappa shape index (κ3) is 3.37. The van der Waals surface area contributed by atoms with Crippen molar-refractivity contribution in [3.8, 4) is 0 Å². The number of halogens is 1. The van der Waals surface area contributed by atoms with Gasteiger partial charge in [-0.2, -0.15) is 0 Å². The Balaban J connectivity index is 1.75. The van der Waals surface area contributed by atoms with Crippen LogP contribution in [0.25, 0.3) is 0 Å². The molecule has 124 valence electrons. The number of benzene rings is 1. The third-order valence-corrected chi connectivity index (χ3v) is 4.62. The van der Waals surface area contributed by atoms with E-state index in [0.717, 1.165) is 12.0 Å². The van der Waals surface area contributed by atoms with E-state index in [9.17, 15) is 14.0 Å². The van der Waals surface area contributed by atoms with E-state index in [-0.39, 0.29) is 42.7 Å². The minimum absolute atomic E-state index is 0.0387. The Morgan fingerprint density at radius 1 is 1.39 bits per heavy atom. The minimum Gasteiger partial charge on any atom is -0.370 e. The standard InChI is InChI=1S/C17H21FN2O3/c1-12-5-6-20(17(12)13-3-2-4-14(18)9-13)15(21)10-19-7-8-23-11-16(19)22/h2-4,9,12,17H,5-8,10-11H2,1H3/t12-,17-/m1/s1. The summed E-state index contributed by atoms with van der Waals surface area (Å²) < 4.78 is 18.6. The van der Waals surface area contributed by atoms with Gasteiger partial charge in [0.2, 0.25) is 11.8 Å². The third-order valence-electron chi connectivity index (χ3n) is 4.62. The second-order valence-electron chi connectivity index (χ2n) is 6.22. The van der Waals surface area contributed by atoms with Crippen molar-refractivity contribution < 1.29 is 18.7 Å². The largest absolute Gasteiger partial charge is 0.370 e. The highest BCUT2D eigenvalue weighted by Crippen LogP contribution is 2.37. The second-order valence-corrected chi connectivity index (χ2v) is 6.22. The summed E-state index contributed by atoms with van der Waals surface area (Å²) in [6.07, 6.45) is 0.879. The number of rotatable bonds is 3. The zero-order valence-electron chi connectivity index (χ0n) is 13.2. The molecule has 0 N–H and O–H groups in total. The van der Waals surface area contributed by atoms with Gasteiger partial charge in [-0.05, 0) is 30.0 Å². The molecule has 2 fully saturated rings. The first-order chi connectivity index (χ1) is 11.1. The van der Waals surface area contributed by atoms with Crippen molar-refractivity contribution in [2.24, 2.45) is 5.92 Å². The lowest BCUT2D eigenvalue weighted by molar-refractivity contribution is -0.149. The second kappa shape index (κ2) is 6.66. The van der Waals surface area contributed by atoms with Crippen molar-refractivity contribution in [2.75, 3.05) is 32.8 Å². The average molecular weight is 320 g/mol. The molecule has 3 rings (SSSR count). The molecule has 0 radical (unpaired) electrons. The molecule has 0 aliphatic carbocycles. The van der Waals surface area contributed by atoms with Gasteiger partial charge in [0, 0.05) is 13.1 Å². The first-order valence-corrected chi connectivity index (χ1v) is 7.96. The van der Waals surface area contributed by atoms with E-state index in [2.05, 4.69) is 6.92 Å². The molecule has 0 aromatic heterocycles. The van der Waals surface area contributed by atoms with Gasteiger partial charge in [0.1, 0.15) is 12.4 Å². The average Bonchev–Trinajstić information content (AvgIpc) is 2.91. The number of hydrogen-bond donors (Lipinski definition) is 0. The number of nitrogens with zero attached hydrogens (tertiary/aromatic N) is 2. The number of likely N-dealkylation sites (tertiary alicyclic amines) is 1. The fourth-order valence-electron chi connectivity index (χ4n) is 3.40. The van der Waals surface area contributed by atoms with E-state index in [0.29, 0.717) is 19.7 Å². The summed E-state index contributed by atoms with van der Waals surface area (Å²) in [6, 6.07) is 6.29. The summed E-state index contributed by atoms with van der Waals surface area (Å²) >= 11 is 0. The Hall–Kier alpha value is -1.95. The molecule has 2 aliphatic heterocycles. The monoisotopic (exact) mass is 320 g/mol. The lowest BCUT2D eigenvalue weighted by Crippen LogP contribution is -2.47. The number of carbonyl (C=O) groups excluding carboxylic acids is 2. The van der Waals surface area contributed by atoms with Crippen LogP contribution in [-0.2, 0) is 14.3 Å². The van der Waals surface area contributed by atoms with E-state index in [1.807, 2.05) is 6.07 Å². The molecule has 0 unspecified atom stereocenters. The van der Waals surface area contributed by atoms with Crippen LogP contribution >= 0.6 is 0 Å². The predicted octanol–water partition coefficient (Wildman–Crippen LogP) is 1.59. The molecular formula is C17H21FN2O3. The first kappa shape index (κ1) is 15.9. The first-order valence-electron chi connectivity index (χ1n) is 7.96. The van der Waals surface area contributed by atoms with Crippen molar-refractivity contribution in [3.63, 3.8) is 0 Å². The zero-order chi connectivity index (χ0) is 16.4.